The molecule has 0 radical (unpaired) electrons. The summed E-state index contributed by atoms with van der Waals surface area (Å²) < 4.78 is 0. The van der Waals surface area contributed by atoms with Crippen molar-refractivity contribution >= 4 is 11.6 Å². The molecule has 0 aliphatic rings. The van der Waals surface area contributed by atoms with Gasteiger partial charge in [0.25, 0.3) is 5.91 Å². The molecule has 4 heteroatoms. The standard InChI is InChI=1S/C13H19N3O/c1-3-5-9-14-11-6-7-12(16-10-11)13(17)15-8-4-2/h4,6-7,10,14H,2-3,5,8-9H2,1H3,(H,15,17). The molecule has 1 aromatic heterocycles. The Bertz CT molecular complexity index is 359. The van der Waals surface area contributed by atoms with Crippen LogP contribution in [0.3, 0.4) is 0 Å². The first-order chi connectivity index (χ1) is 8.27. The molecule has 17 heavy (non-hydrogen) atoms. The van der Waals surface area contributed by atoms with Crippen molar-refractivity contribution in [3.63, 3.8) is 0 Å². The number of aromatic nitrogens is 1. The van der Waals surface area contributed by atoms with Crippen molar-refractivity contribution < 1.29 is 4.79 Å². The van der Waals surface area contributed by atoms with Gasteiger partial charge in [0, 0.05) is 13.1 Å². The van der Waals surface area contributed by atoms with Crippen LogP contribution < -0.4 is 10.6 Å². The number of anilines is 1. The summed E-state index contributed by atoms with van der Waals surface area (Å²) in [5, 5.41) is 5.92. The average molecular weight is 233 g/mol. The lowest BCUT2D eigenvalue weighted by Gasteiger charge is -2.06. The Hall–Kier alpha value is -1.84. The molecule has 92 valence electrons. The van der Waals surface area contributed by atoms with Crippen molar-refractivity contribution in [3.8, 4) is 0 Å². The van der Waals surface area contributed by atoms with E-state index in [9.17, 15) is 4.79 Å². The molecule has 0 bridgehead atoms. The Morgan fingerprint density at radius 2 is 2.35 bits per heavy atom. The molecule has 0 unspecified atom stereocenters. The molecule has 0 saturated carbocycles. The second-order valence-corrected chi connectivity index (χ2v) is 3.71. The molecule has 0 aliphatic heterocycles. The van der Waals surface area contributed by atoms with Gasteiger partial charge in [0.05, 0.1) is 11.9 Å². The molecule has 0 fully saturated rings. The summed E-state index contributed by atoms with van der Waals surface area (Å²) in [6.45, 7) is 7.07. The molecule has 0 spiro atoms. The van der Waals surface area contributed by atoms with Crippen LogP contribution in [0.4, 0.5) is 5.69 Å². The predicted octanol–water partition coefficient (Wildman–Crippen LogP) is 2.21. The van der Waals surface area contributed by atoms with E-state index in [4.69, 9.17) is 0 Å². The van der Waals surface area contributed by atoms with Crippen molar-refractivity contribution in [1.82, 2.24) is 10.3 Å². The van der Waals surface area contributed by atoms with Gasteiger partial charge >= 0.3 is 0 Å². The van der Waals surface area contributed by atoms with Crippen LogP contribution in [0.2, 0.25) is 0 Å². The summed E-state index contributed by atoms with van der Waals surface area (Å²) in [6, 6.07) is 3.58. The van der Waals surface area contributed by atoms with Crippen molar-refractivity contribution in [2.75, 3.05) is 18.4 Å². The number of amides is 1. The normalized spacial score (nSPS) is 9.71. The smallest absolute Gasteiger partial charge is 0.270 e. The largest absolute Gasteiger partial charge is 0.384 e. The maximum atomic E-state index is 11.5. The van der Waals surface area contributed by atoms with Gasteiger partial charge in [-0.1, -0.05) is 19.4 Å². The molecular weight excluding hydrogens is 214 g/mol. The predicted molar refractivity (Wildman–Crippen MR) is 70.2 cm³/mol. The molecular formula is C13H19N3O. The lowest BCUT2D eigenvalue weighted by molar-refractivity contribution is 0.0953. The van der Waals surface area contributed by atoms with Crippen LogP contribution in [0.5, 0.6) is 0 Å². The molecule has 1 rings (SSSR count). The minimum absolute atomic E-state index is 0.176. The molecule has 0 aliphatic carbocycles. The molecule has 0 atom stereocenters. The quantitative estimate of drug-likeness (QED) is 0.561. The van der Waals surface area contributed by atoms with Crippen LogP contribution >= 0.6 is 0 Å². The van der Waals surface area contributed by atoms with E-state index in [0.717, 1.165) is 25.1 Å². The van der Waals surface area contributed by atoms with Crippen molar-refractivity contribution in [2.24, 2.45) is 0 Å². The monoisotopic (exact) mass is 233 g/mol. The van der Waals surface area contributed by atoms with E-state index in [1.807, 2.05) is 6.07 Å². The number of rotatable bonds is 7. The van der Waals surface area contributed by atoms with Gasteiger partial charge < -0.3 is 10.6 Å². The van der Waals surface area contributed by atoms with Gasteiger partial charge in [-0.2, -0.15) is 0 Å². The summed E-state index contributed by atoms with van der Waals surface area (Å²) in [6.07, 6.45) is 5.60. The fourth-order valence-electron chi connectivity index (χ4n) is 1.30. The fourth-order valence-corrected chi connectivity index (χ4v) is 1.30. The number of unbranched alkanes of at least 4 members (excludes halogenated alkanes) is 1. The third-order valence-electron chi connectivity index (χ3n) is 2.26. The average Bonchev–Trinajstić information content (AvgIpc) is 2.37. The van der Waals surface area contributed by atoms with Gasteiger partial charge in [-0.25, -0.2) is 4.98 Å². The van der Waals surface area contributed by atoms with Crippen LogP contribution in [0.1, 0.15) is 30.3 Å². The van der Waals surface area contributed by atoms with E-state index in [-0.39, 0.29) is 5.91 Å². The van der Waals surface area contributed by atoms with Crippen molar-refractivity contribution in [3.05, 3.63) is 36.7 Å². The molecule has 2 N–H and O–H groups in total. The maximum Gasteiger partial charge on any atom is 0.270 e. The first-order valence-corrected chi connectivity index (χ1v) is 5.87. The minimum atomic E-state index is -0.176. The summed E-state index contributed by atoms with van der Waals surface area (Å²) in [5.74, 6) is -0.176. The summed E-state index contributed by atoms with van der Waals surface area (Å²) in [5.41, 5.74) is 1.37. The zero-order valence-electron chi connectivity index (χ0n) is 10.2. The SMILES string of the molecule is C=CCNC(=O)c1ccc(NCCCC)cn1. The lowest BCUT2D eigenvalue weighted by Crippen LogP contribution is -2.24. The van der Waals surface area contributed by atoms with Crippen LogP contribution in [-0.4, -0.2) is 24.0 Å². The molecule has 0 aromatic carbocycles. The van der Waals surface area contributed by atoms with Gasteiger partial charge in [-0.05, 0) is 18.6 Å². The van der Waals surface area contributed by atoms with Crippen LogP contribution in [0, 0.1) is 0 Å². The Morgan fingerprint density at radius 3 is 2.94 bits per heavy atom. The number of nitrogens with zero attached hydrogens (tertiary/aromatic N) is 1. The van der Waals surface area contributed by atoms with Gasteiger partial charge in [-0.3, -0.25) is 4.79 Å². The highest BCUT2D eigenvalue weighted by molar-refractivity contribution is 5.92. The zero-order valence-corrected chi connectivity index (χ0v) is 10.2. The Morgan fingerprint density at radius 1 is 1.53 bits per heavy atom. The number of hydrogen-bond donors (Lipinski definition) is 2. The van der Waals surface area contributed by atoms with Gasteiger partial charge in [0.2, 0.25) is 0 Å². The van der Waals surface area contributed by atoms with E-state index in [0.29, 0.717) is 12.2 Å². The highest BCUT2D eigenvalue weighted by Crippen LogP contribution is 2.06. The summed E-state index contributed by atoms with van der Waals surface area (Å²) >= 11 is 0. The Kier molecular flexibility index (Phi) is 5.79. The molecule has 0 saturated heterocycles. The maximum absolute atomic E-state index is 11.5. The third-order valence-corrected chi connectivity index (χ3v) is 2.26. The number of carbonyl (C=O) groups excluding carboxylic acids is 1. The Balaban J connectivity index is 2.49. The first-order valence-electron chi connectivity index (χ1n) is 5.87. The van der Waals surface area contributed by atoms with E-state index in [1.165, 1.54) is 0 Å². The number of pyridine rings is 1. The van der Waals surface area contributed by atoms with E-state index in [1.54, 1.807) is 18.3 Å². The number of carbonyl (C=O) groups is 1. The number of nitrogens with one attached hydrogen (secondary N) is 2. The van der Waals surface area contributed by atoms with E-state index >= 15 is 0 Å². The van der Waals surface area contributed by atoms with Gasteiger partial charge in [0.1, 0.15) is 5.69 Å². The van der Waals surface area contributed by atoms with Crippen molar-refractivity contribution in [1.29, 1.82) is 0 Å². The summed E-state index contributed by atoms with van der Waals surface area (Å²) in [4.78, 5) is 15.6. The van der Waals surface area contributed by atoms with E-state index < -0.39 is 0 Å². The van der Waals surface area contributed by atoms with Gasteiger partial charge in [-0.15, -0.1) is 6.58 Å². The van der Waals surface area contributed by atoms with E-state index in [2.05, 4.69) is 29.1 Å². The topological polar surface area (TPSA) is 54.0 Å². The second kappa shape index (κ2) is 7.44. The molecule has 1 amide bonds. The third kappa shape index (κ3) is 4.68. The minimum Gasteiger partial charge on any atom is -0.384 e. The zero-order chi connectivity index (χ0) is 12.5. The summed E-state index contributed by atoms with van der Waals surface area (Å²) in [7, 11) is 0. The highest BCUT2D eigenvalue weighted by Gasteiger charge is 2.04. The molecule has 4 nitrogen and oxygen atoms in total. The molecule has 1 heterocycles. The number of hydrogen-bond acceptors (Lipinski definition) is 3. The Labute approximate surface area is 102 Å². The lowest BCUT2D eigenvalue weighted by atomic mass is 10.3. The van der Waals surface area contributed by atoms with Gasteiger partial charge in [0.15, 0.2) is 0 Å². The van der Waals surface area contributed by atoms with Crippen LogP contribution in [-0.2, 0) is 0 Å². The fraction of sp³-hybridized carbons (Fsp3) is 0.385. The first kappa shape index (κ1) is 13.2. The highest BCUT2D eigenvalue weighted by atomic mass is 16.1. The molecule has 1 aromatic rings. The second-order valence-electron chi connectivity index (χ2n) is 3.71. The van der Waals surface area contributed by atoms with Crippen molar-refractivity contribution in [2.45, 2.75) is 19.8 Å². The van der Waals surface area contributed by atoms with Crippen LogP contribution in [0.15, 0.2) is 31.0 Å². The van der Waals surface area contributed by atoms with Crippen LogP contribution in [0.25, 0.3) is 0 Å².